The zero-order valence-electron chi connectivity index (χ0n) is 12.9. The molecule has 0 saturated carbocycles. The van der Waals surface area contributed by atoms with Crippen LogP contribution in [0.25, 0.3) is 0 Å². The fourth-order valence-electron chi connectivity index (χ4n) is 2.09. The summed E-state index contributed by atoms with van der Waals surface area (Å²) in [7, 11) is 0. The third kappa shape index (κ3) is 4.34. The van der Waals surface area contributed by atoms with E-state index in [0.717, 1.165) is 16.8 Å². The average Bonchev–Trinajstić information content (AvgIpc) is 2.58. The lowest BCUT2D eigenvalue weighted by molar-refractivity contribution is 0.948. The number of benzene rings is 2. The number of aryl methyl sites for hydroxylation is 1. The first-order chi connectivity index (χ1) is 11.6. The molecule has 24 heavy (non-hydrogen) atoms. The zero-order chi connectivity index (χ0) is 16.9. The van der Waals surface area contributed by atoms with E-state index in [0.29, 0.717) is 28.4 Å². The molecule has 1 heterocycles. The Labute approximate surface area is 150 Å². The van der Waals surface area contributed by atoms with Crippen LogP contribution in [0.2, 0.25) is 10.0 Å². The molecule has 122 valence electrons. The normalized spacial score (nSPS) is 10.5. The number of rotatable bonds is 5. The van der Waals surface area contributed by atoms with E-state index in [1.54, 1.807) is 6.20 Å². The first-order valence-corrected chi connectivity index (χ1v) is 8.07. The Hall–Kier alpha value is -2.37. The number of anilines is 3. The van der Waals surface area contributed by atoms with Crippen molar-refractivity contribution in [2.75, 3.05) is 10.6 Å². The van der Waals surface area contributed by atoms with Gasteiger partial charge in [0, 0.05) is 22.3 Å². The fraction of sp³-hybridized carbons (Fsp3) is 0.118. The minimum Gasteiger partial charge on any atom is -0.349 e. The Morgan fingerprint density at radius 3 is 2.54 bits per heavy atom. The third-order valence-corrected chi connectivity index (χ3v) is 3.87. The quantitative estimate of drug-likeness (QED) is 0.682. The molecule has 3 aromatic rings. The van der Waals surface area contributed by atoms with Crippen molar-refractivity contribution >= 4 is 40.7 Å². The maximum absolute atomic E-state index is 6.03. The van der Waals surface area contributed by atoms with Crippen molar-refractivity contribution < 1.29 is 0 Å². The van der Waals surface area contributed by atoms with Gasteiger partial charge in [-0.15, -0.1) is 5.10 Å². The van der Waals surface area contributed by atoms with Crippen LogP contribution in [0, 0.1) is 6.92 Å². The molecular weight excluding hydrogens is 345 g/mol. The highest BCUT2D eigenvalue weighted by molar-refractivity contribution is 6.31. The van der Waals surface area contributed by atoms with E-state index in [4.69, 9.17) is 23.2 Å². The highest BCUT2D eigenvalue weighted by Gasteiger charge is 2.04. The van der Waals surface area contributed by atoms with E-state index < -0.39 is 0 Å². The summed E-state index contributed by atoms with van der Waals surface area (Å²) in [5, 5.41) is 15.7. The molecular formula is C17H15Cl2N5. The van der Waals surface area contributed by atoms with Gasteiger partial charge in [-0.1, -0.05) is 41.4 Å². The maximum Gasteiger partial charge on any atom is 0.244 e. The highest BCUT2D eigenvalue weighted by atomic mass is 35.5. The van der Waals surface area contributed by atoms with E-state index in [1.165, 1.54) is 0 Å². The Bertz CT molecular complexity index is 837. The van der Waals surface area contributed by atoms with Crippen LogP contribution in [0.3, 0.4) is 0 Å². The second-order valence-electron chi connectivity index (χ2n) is 5.23. The summed E-state index contributed by atoms with van der Waals surface area (Å²) in [4.78, 5) is 4.41. The molecule has 3 rings (SSSR count). The molecule has 0 bridgehead atoms. The van der Waals surface area contributed by atoms with Gasteiger partial charge in [0.1, 0.15) is 0 Å². The van der Waals surface area contributed by atoms with Crippen LogP contribution in [0.5, 0.6) is 0 Å². The third-order valence-electron chi connectivity index (χ3n) is 3.39. The monoisotopic (exact) mass is 359 g/mol. The lowest BCUT2D eigenvalue weighted by Crippen LogP contribution is -2.06. The van der Waals surface area contributed by atoms with E-state index >= 15 is 0 Å². The topological polar surface area (TPSA) is 62.7 Å². The molecule has 0 aliphatic heterocycles. The first kappa shape index (κ1) is 16.5. The lowest BCUT2D eigenvalue weighted by atomic mass is 10.2. The predicted octanol–water partition coefficient (Wildman–Crippen LogP) is 4.84. The SMILES string of the molecule is Cc1ccc(Cl)cc1Nc1cnnc(NCc2ccc(Cl)cc2)n1. The summed E-state index contributed by atoms with van der Waals surface area (Å²) < 4.78 is 0. The summed E-state index contributed by atoms with van der Waals surface area (Å²) in [5.74, 6) is 1.03. The summed E-state index contributed by atoms with van der Waals surface area (Å²) in [6, 6.07) is 13.2. The van der Waals surface area contributed by atoms with E-state index in [1.807, 2.05) is 49.4 Å². The van der Waals surface area contributed by atoms with Gasteiger partial charge < -0.3 is 10.6 Å². The molecule has 0 fully saturated rings. The van der Waals surface area contributed by atoms with Crippen LogP contribution in [-0.2, 0) is 6.54 Å². The van der Waals surface area contributed by atoms with Crippen LogP contribution >= 0.6 is 23.2 Å². The van der Waals surface area contributed by atoms with E-state index in [2.05, 4.69) is 25.8 Å². The second kappa shape index (κ2) is 7.47. The van der Waals surface area contributed by atoms with Crippen molar-refractivity contribution in [2.45, 2.75) is 13.5 Å². The highest BCUT2D eigenvalue weighted by Crippen LogP contribution is 2.23. The maximum atomic E-state index is 6.03. The van der Waals surface area contributed by atoms with Crippen LogP contribution in [-0.4, -0.2) is 15.2 Å². The van der Waals surface area contributed by atoms with E-state index in [-0.39, 0.29) is 0 Å². The number of aromatic nitrogens is 3. The van der Waals surface area contributed by atoms with Gasteiger partial charge in [0.2, 0.25) is 5.95 Å². The Morgan fingerprint density at radius 2 is 1.75 bits per heavy atom. The van der Waals surface area contributed by atoms with Crippen LogP contribution in [0.1, 0.15) is 11.1 Å². The summed E-state index contributed by atoms with van der Waals surface area (Å²) in [6.45, 7) is 2.57. The van der Waals surface area contributed by atoms with E-state index in [9.17, 15) is 0 Å². The van der Waals surface area contributed by atoms with Crippen LogP contribution in [0.15, 0.2) is 48.7 Å². The van der Waals surface area contributed by atoms with Gasteiger partial charge in [-0.2, -0.15) is 10.1 Å². The molecule has 2 N–H and O–H groups in total. The van der Waals surface area contributed by atoms with Gasteiger partial charge in [0.25, 0.3) is 0 Å². The number of hydrogen-bond donors (Lipinski definition) is 2. The summed E-state index contributed by atoms with van der Waals surface area (Å²) in [6.07, 6.45) is 1.56. The van der Waals surface area contributed by atoms with Crippen molar-refractivity contribution in [2.24, 2.45) is 0 Å². The van der Waals surface area contributed by atoms with Crippen molar-refractivity contribution in [3.63, 3.8) is 0 Å². The lowest BCUT2D eigenvalue weighted by Gasteiger charge is -2.10. The van der Waals surface area contributed by atoms with Crippen molar-refractivity contribution in [3.05, 3.63) is 69.8 Å². The molecule has 2 aromatic carbocycles. The largest absolute Gasteiger partial charge is 0.349 e. The zero-order valence-corrected chi connectivity index (χ0v) is 14.4. The van der Waals surface area contributed by atoms with Crippen LogP contribution in [0.4, 0.5) is 17.5 Å². The number of halogens is 2. The van der Waals surface area contributed by atoms with Crippen LogP contribution < -0.4 is 10.6 Å². The number of hydrogen-bond acceptors (Lipinski definition) is 5. The molecule has 0 amide bonds. The first-order valence-electron chi connectivity index (χ1n) is 7.31. The van der Waals surface area contributed by atoms with Gasteiger partial charge in [-0.05, 0) is 42.3 Å². The molecule has 0 saturated heterocycles. The van der Waals surface area contributed by atoms with Gasteiger partial charge in [0.15, 0.2) is 5.82 Å². The van der Waals surface area contributed by atoms with Gasteiger partial charge >= 0.3 is 0 Å². The second-order valence-corrected chi connectivity index (χ2v) is 6.10. The standard InChI is InChI=1S/C17H15Cl2N5/c1-11-2-5-14(19)8-15(11)22-16-10-21-24-17(23-16)20-9-12-3-6-13(18)7-4-12/h2-8,10H,9H2,1H3,(H2,20,22,23,24). The number of nitrogens with one attached hydrogen (secondary N) is 2. The average molecular weight is 360 g/mol. The Balaban J connectivity index is 1.69. The van der Waals surface area contributed by atoms with Crippen molar-refractivity contribution in [1.82, 2.24) is 15.2 Å². The van der Waals surface area contributed by atoms with Crippen molar-refractivity contribution in [3.8, 4) is 0 Å². The molecule has 0 aliphatic rings. The fourth-order valence-corrected chi connectivity index (χ4v) is 2.39. The predicted molar refractivity (Wildman–Crippen MR) is 98.1 cm³/mol. The van der Waals surface area contributed by atoms with Gasteiger partial charge in [-0.25, -0.2) is 0 Å². The van der Waals surface area contributed by atoms with Gasteiger partial charge in [0.05, 0.1) is 6.20 Å². The molecule has 0 atom stereocenters. The summed E-state index contributed by atoms with van der Waals surface area (Å²) in [5.41, 5.74) is 3.02. The summed E-state index contributed by atoms with van der Waals surface area (Å²) >= 11 is 11.9. The molecule has 7 heteroatoms. The van der Waals surface area contributed by atoms with Crippen molar-refractivity contribution in [1.29, 1.82) is 0 Å². The minimum absolute atomic E-state index is 0.439. The Morgan fingerprint density at radius 1 is 1.00 bits per heavy atom. The Kier molecular flexibility index (Phi) is 5.13. The molecule has 0 radical (unpaired) electrons. The molecule has 1 aromatic heterocycles. The number of nitrogens with zero attached hydrogens (tertiary/aromatic N) is 3. The molecule has 5 nitrogen and oxygen atoms in total. The molecule has 0 unspecified atom stereocenters. The molecule has 0 aliphatic carbocycles. The molecule has 0 spiro atoms. The smallest absolute Gasteiger partial charge is 0.244 e. The minimum atomic E-state index is 0.439. The van der Waals surface area contributed by atoms with Gasteiger partial charge in [-0.3, -0.25) is 0 Å².